The van der Waals surface area contributed by atoms with Gasteiger partial charge in [-0.2, -0.15) is 0 Å². The summed E-state index contributed by atoms with van der Waals surface area (Å²) in [4.78, 5) is 0. The zero-order valence-corrected chi connectivity index (χ0v) is 57.2. The molecule has 5 rings (SSSR count). The number of benzene rings is 4. The van der Waals surface area contributed by atoms with Gasteiger partial charge < -0.3 is 9.05 Å². The normalized spacial score (nSPS) is 17.7. The molecule has 0 radical (unpaired) electrons. The molecule has 0 saturated heterocycles. The van der Waals surface area contributed by atoms with Gasteiger partial charge in [-0.25, -0.2) is 0 Å². The molecule has 2 atom stereocenters. The first-order chi connectivity index (χ1) is 30.4. The second-order valence-electron chi connectivity index (χ2n) is 28.7. The highest BCUT2D eigenvalue weighted by molar-refractivity contribution is 7.75. The molecule has 0 unspecified atom stereocenters. The maximum atomic E-state index is 17.2. The van der Waals surface area contributed by atoms with Crippen molar-refractivity contribution in [2.45, 2.75) is 195 Å². The fourth-order valence-electron chi connectivity index (χ4n) is 8.82. The van der Waals surface area contributed by atoms with Crippen molar-refractivity contribution in [3.05, 3.63) is 72.8 Å². The largest absolute Gasteiger partial charge is 0.316 e. The fourth-order valence-corrected chi connectivity index (χ4v) is 24.6. The minimum Gasteiger partial charge on any atom is -0.316 e. The minimum atomic E-state index is -3.80. The molecule has 4 aromatic carbocycles. The molecule has 14 heteroatoms. The standard InChI is InChI=1S/C54H94O4P2Si8/c1-61(2,3)45-29-41(30-46(37-45)62(4,5)6)59(55,42-31-47(63(7,8)9)38-48(32-42)64(10,11)12)57-53-27-25-26-28-54(53)58-60(56,43-33-49(65(13,14)15)39-50(34-43)66(16,17)18)44-35-51(67(19,20)21)40-52(36-44)68(22,23)24/h29-40,53-54H,25-28H2,1-24H3/t53-,54-/m0/s1. The zero-order chi connectivity index (χ0) is 51.8. The highest BCUT2D eigenvalue weighted by Crippen LogP contribution is 2.52. The molecule has 0 N–H and O–H groups in total. The van der Waals surface area contributed by atoms with Crippen molar-refractivity contribution in [3.63, 3.8) is 0 Å². The van der Waals surface area contributed by atoms with Crippen LogP contribution in [0.3, 0.4) is 0 Å². The number of hydrogen-bond acceptors (Lipinski definition) is 4. The van der Waals surface area contributed by atoms with Crippen molar-refractivity contribution in [1.29, 1.82) is 0 Å². The molecule has 1 fully saturated rings. The van der Waals surface area contributed by atoms with Gasteiger partial charge in [0.15, 0.2) is 0 Å². The van der Waals surface area contributed by atoms with E-state index < -0.39 is 91.5 Å². The van der Waals surface area contributed by atoms with E-state index in [9.17, 15) is 0 Å². The van der Waals surface area contributed by atoms with Crippen molar-refractivity contribution >= 4 is 142 Å². The molecule has 1 saturated carbocycles. The molecule has 376 valence electrons. The third kappa shape index (κ3) is 13.6. The molecule has 1 aliphatic rings. The summed E-state index contributed by atoms with van der Waals surface area (Å²) in [6.07, 6.45) is 2.23. The predicted octanol–water partition coefficient (Wildman–Crippen LogP) is 10.6. The van der Waals surface area contributed by atoms with E-state index in [0.717, 1.165) is 34.1 Å². The Morgan fingerprint density at radius 1 is 0.294 bits per heavy atom. The third-order valence-electron chi connectivity index (χ3n) is 14.2. The van der Waals surface area contributed by atoms with Gasteiger partial charge in [-0.1, -0.05) is 236 Å². The summed E-state index contributed by atoms with van der Waals surface area (Å²) in [7, 11) is -22.6. The van der Waals surface area contributed by atoms with Crippen molar-refractivity contribution in [1.82, 2.24) is 0 Å². The van der Waals surface area contributed by atoms with Gasteiger partial charge in [-0.05, 0) is 61.4 Å². The maximum Gasteiger partial charge on any atom is 0.261 e. The van der Waals surface area contributed by atoms with Crippen LogP contribution in [0.4, 0.5) is 0 Å². The SMILES string of the molecule is C[Si](C)(C)c1cc([Si](C)(C)C)cc(P(=O)(O[C@H]2CCCC[C@@H]2OP(=O)(c2cc([Si](C)(C)C)cc([Si](C)(C)C)c2)c2cc([Si](C)(C)C)cc([Si](C)(C)C)c2)c2cc([Si](C)(C)C)cc([Si](C)(C)C)c2)c1. The Bertz CT molecular complexity index is 2120. The van der Waals surface area contributed by atoms with Crippen LogP contribution in [0.1, 0.15) is 25.7 Å². The lowest BCUT2D eigenvalue weighted by Gasteiger charge is -2.38. The Balaban J connectivity index is 1.87. The predicted molar refractivity (Wildman–Crippen MR) is 332 cm³/mol. The number of rotatable bonds is 16. The van der Waals surface area contributed by atoms with E-state index in [1.165, 1.54) is 41.5 Å². The summed E-state index contributed by atoms with van der Waals surface area (Å²) in [5, 5.41) is 13.9. The smallest absolute Gasteiger partial charge is 0.261 e. The van der Waals surface area contributed by atoms with Crippen LogP contribution in [0.5, 0.6) is 0 Å². The van der Waals surface area contributed by atoms with Crippen molar-refractivity contribution in [2.24, 2.45) is 0 Å². The minimum absolute atomic E-state index is 0.520. The van der Waals surface area contributed by atoms with E-state index in [1.54, 1.807) is 0 Å². The summed E-state index contributed by atoms with van der Waals surface area (Å²) < 4.78 is 49.7. The summed E-state index contributed by atoms with van der Waals surface area (Å²) in [6.45, 7) is 57.6. The molecule has 0 bridgehead atoms. The maximum absolute atomic E-state index is 17.2. The van der Waals surface area contributed by atoms with Gasteiger partial charge in [0.25, 0.3) is 14.7 Å². The van der Waals surface area contributed by atoms with E-state index in [-0.39, 0.29) is 0 Å². The summed E-state index contributed by atoms with van der Waals surface area (Å²) in [6, 6.07) is 27.9. The van der Waals surface area contributed by atoms with Crippen LogP contribution in [0.2, 0.25) is 157 Å². The first-order valence-electron chi connectivity index (χ1n) is 25.7. The van der Waals surface area contributed by atoms with Crippen LogP contribution in [0.25, 0.3) is 0 Å². The van der Waals surface area contributed by atoms with E-state index in [2.05, 4.69) is 230 Å². The van der Waals surface area contributed by atoms with Gasteiger partial charge in [-0.15, -0.1) is 0 Å². The molecule has 0 spiro atoms. The van der Waals surface area contributed by atoms with Crippen LogP contribution >= 0.6 is 14.7 Å². The van der Waals surface area contributed by atoms with Gasteiger partial charge >= 0.3 is 0 Å². The molecule has 1 aliphatic carbocycles. The number of hydrogen-bond donors (Lipinski definition) is 0. The van der Waals surface area contributed by atoms with Crippen molar-refractivity contribution in [3.8, 4) is 0 Å². The monoisotopic (exact) mass is 1090 g/mol. The van der Waals surface area contributed by atoms with Crippen molar-refractivity contribution < 1.29 is 18.2 Å². The molecular formula is C54H94O4P2Si8. The van der Waals surface area contributed by atoms with E-state index in [0.29, 0.717) is 12.8 Å². The Kier molecular flexibility index (Phi) is 16.8. The fraction of sp³-hybridized carbons (Fsp3) is 0.556. The lowest BCUT2D eigenvalue weighted by atomic mass is 9.95. The first kappa shape index (κ1) is 57.9. The molecule has 4 nitrogen and oxygen atoms in total. The second-order valence-corrected chi connectivity index (χ2v) is 74.1. The van der Waals surface area contributed by atoms with Gasteiger partial charge in [0.05, 0.1) is 76.8 Å². The molecule has 0 aliphatic heterocycles. The Morgan fingerprint density at radius 2 is 0.441 bits per heavy atom. The third-order valence-corrected chi connectivity index (χ3v) is 35.2. The highest BCUT2D eigenvalue weighted by atomic mass is 31.2. The highest BCUT2D eigenvalue weighted by Gasteiger charge is 2.44. The lowest BCUT2D eigenvalue weighted by molar-refractivity contribution is 0.0314. The van der Waals surface area contributed by atoms with Crippen LogP contribution in [0, 0.1) is 0 Å². The molecule has 0 aromatic heterocycles. The molecular weight excluding hydrogens is 999 g/mol. The molecule has 0 heterocycles. The summed E-state index contributed by atoms with van der Waals surface area (Å²) >= 11 is 0. The topological polar surface area (TPSA) is 52.6 Å². The van der Waals surface area contributed by atoms with Crippen LogP contribution in [-0.4, -0.2) is 76.8 Å². The van der Waals surface area contributed by atoms with Gasteiger partial charge in [0, 0.05) is 21.2 Å². The van der Waals surface area contributed by atoms with Gasteiger partial charge in [0.1, 0.15) is 0 Å². The van der Waals surface area contributed by atoms with Crippen LogP contribution < -0.4 is 62.7 Å². The van der Waals surface area contributed by atoms with E-state index in [1.807, 2.05) is 0 Å². The lowest BCUT2D eigenvalue weighted by Crippen LogP contribution is -2.50. The van der Waals surface area contributed by atoms with Crippen LogP contribution in [-0.2, 0) is 18.2 Å². The Hall–Kier alpha value is -1.00. The Morgan fingerprint density at radius 3 is 0.574 bits per heavy atom. The average Bonchev–Trinajstić information content (AvgIpc) is 3.18. The van der Waals surface area contributed by atoms with Crippen LogP contribution in [0.15, 0.2) is 72.8 Å². The molecule has 0 amide bonds. The second kappa shape index (κ2) is 19.7. The first-order valence-corrected chi connectivity index (χ1v) is 56.9. The quantitative estimate of drug-likeness (QED) is 0.0829. The molecule has 4 aromatic rings. The van der Waals surface area contributed by atoms with Gasteiger partial charge in [0.2, 0.25) is 0 Å². The van der Waals surface area contributed by atoms with E-state index >= 15 is 9.13 Å². The Labute approximate surface area is 425 Å². The summed E-state index contributed by atoms with van der Waals surface area (Å²) in [5.41, 5.74) is 0. The summed E-state index contributed by atoms with van der Waals surface area (Å²) in [5.74, 6) is 0. The average molecular weight is 1090 g/mol. The van der Waals surface area contributed by atoms with Crippen molar-refractivity contribution in [2.75, 3.05) is 0 Å². The molecule has 68 heavy (non-hydrogen) atoms. The van der Waals surface area contributed by atoms with E-state index in [4.69, 9.17) is 9.05 Å². The van der Waals surface area contributed by atoms with Gasteiger partial charge in [-0.3, -0.25) is 9.13 Å². The zero-order valence-electron chi connectivity index (χ0n) is 47.4.